The lowest BCUT2D eigenvalue weighted by Gasteiger charge is -2.20. The van der Waals surface area contributed by atoms with Crippen LogP contribution >= 0.6 is 11.6 Å². The van der Waals surface area contributed by atoms with Gasteiger partial charge in [-0.3, -0.25) is 14.8 Å². The number of carbonyl (C=O) groups excluding carboxylic acids is 1. The number of nitrogens with one attached hydrogen (secondary N) is 3. The lowest BCUT2D eigenvalue weighted by atomic mass is 10.2. The van der Waals surface area contributed by atoms with Gasteiger partial charge in [0.1, 0.15) is 0 Å². The molecule has 2 heterocycles. The Kier molecular flexibility index (Phi) is 7.69. The molecule has 0 saturated carbocycles. The van der Waals surface area contributed by atoms with Crippen LogP contribution in [0.25, 0.3) is 0 Å². The molecule has 0 radical (unpaired) electrons. The molecule has 2 aromatic rings. The minimum atomic E-state index is -0.140. The zero-order chi connectivity index (χ0) is 20.5. The van der Waals surface area contributed by atoms with Crippen LogP contribution in [-0.2, 0) is 0 Å². The number of guanidine groups is 1. The molecule has 1 aromatic heterocycles. The third-order valence-corrected chi connectivity index (χ3v) is 4.87. The molecule has 0 spiro atoms. The maximum Gasteiger partial charge on any atom is 0.252 e. The van der Waals surface area contributed by atoms with Crippen LogP contribution in [0.15, 0.2) is 53.8 Å². The van der Waals surface area contributed by atoms with Crippen molar-refractivity contribution in [1.29, 1.82) is 0 Å². The van der Waals surface area contributed by atoms with Crippen molar-refractivity contribution in [2.45, 2.75) is 19.4 Å². The summed E-state index contributed by atoms with van der Waals surface area (Å²) in [5.41, 5.74) is 1.69. The molecule has 1 unspecified atom stereocenters. The Balaban J connectivity index is 1.47. The Labute approximate surface area is 176 Å². The normalized spacial score (nSPS) is 16.6. The van der Waals surface area contributed by atoms with Crippen molar-refractivity contribution in [1.82, 2.24) is 20.9 Å². The van der Waals surface area contributed by atoms with E-state index in [1.807, 2.05) is 25.1 Å². The van der Waals surface area contributed by atoms with Gasteiger partial charge in [-0.2, -0.15) is 0 Å². The second-order valence-corrected chi connectivity index (χ2v) is 7.25. The van der Waals surface area contributed by atoms with Gasteiger partial charge in [0, 0.05) is 55.3 Å². The fourth-order valence-electron chi connectivity index (χ4n) is 3.24. The van der Waals surface area contributed by atoms with Gasteiger partial charge in [-0.15, -0.1) is 0 Å². The zero-order valence-corrected chi connectivity index (χ0v) is 17.3. The molecule has 0 bridgehead atoms. The maximum atomic E-state index is 12.0. The molecule has 0 aliphatic carbocycles. The largest absolute Gasteiger partial charge is 0.369 e. The molecule has 3 rings (SSSR count). The van der Waals surface area contributed by atoms with Crippen LogP contribution in [0.4, 0.5) is 5.69 Å². The Hall–Kier alpha value is -2.80. The number of benzene rings is 1. The van der Waals surface area contributed by atoms with Crippen molar-refractivity contribution >= 4 is 29.2 Å². The molecule has 1 aliphatic rings. The average molecular weight is 415 g/mol. The highest BCUT2D eigenvalue weighted by Gasteiger charge is 2.23. The van der Waals surface area contributed by atoms with E-state index in [0.717, 1.165) is 42.7 Å². The average Bonchev–Trinajstić information content (AvgIpc) is 3.20. The Bertz CT molecular complexity index is 829. The van der Waals surface area contributed by atoms with E-state index >= 15 is 0 Å². The van der Waals surface area contributed by atoms with Gasteiger partial charge in [-0.05, 0) is 43.7 Å². The summed E-state index contributed by atoms with van der Waals surface area (Å²) >= 11 is 6.11. The molecular weight excluding hydrogens is 388 g/mol. The van der Waals surface area contributed by atoms with E-state index in [9.17, 15) is 4.79 Å². The fourth-order valence-corrected chi connectivity index (χ4v) is 3.42. The van der Waals surface area contributed by atoms with E-state index in [1.54, 1.807) is 24.5 Å². The second-order valence-electron chi connectivity index (χ2n) is 6.81. The molecule has 8 heteroatoms. The number of pyridine rings is 1. The standard InChI is InChI=1S/C21H27ClN6O/c1-2-24-21(26-11-10-25-20(29)16-5-4-9-23-14-16)27-18-8-12-28(15-18)19-7-3-6-17(22)13-19/h3-7,9,13-14,18H,2,8,10-12,15H2,1H3,(H,25,29)(H2,24,26,27). The quantitative estimate of drug-likeness (QED) is 0.368. The summed E-state index contributed by atoms with van der Waals surface area (Å²) in [6.45, 7) is 5.63. The van der Waals surface area contributed by atoms with E-state index < -0.39 is 0 Å². The number of aromatic nitrogens is 1. The zero-order valence-electron chi connectivity index (χ0n) is 16.6. The van der Waals surface area contributed by atoms with Crippen LogP contribution in [0, 0.1) is 0 Å². The highest BCUT2D eigenvalue weighted by molar-refractivity contribution is 6.30. The molecule has 3 N–H and O–H groups in total. The predicted octanol–water partition coefficient (Wildman–Crippen LogP) is 2.30. The highest BCUT2D eigenvalue weighted by atomic mass is 35.5. The molecule has 7 nitrogen and oxygen atoms in total. The number of nitrogens with zero attached hydrogens (tertiary/aromatic N) is 3. The number of hydrogen-bond acceptors (Lipinski definition) is 4. The summed E-state index contributed by atoms with van der Waals surface area (Å²) in [6.07, 6.45) is 4.22. The lowest BCUT2D eigenvalue weighted by molar-refractivity contribution is 0.0954. The van der Waals surface area contributed by atoms with Crippen molar-refractivity contribution < 1.29 is 4.79 Å². The van der Waals surface area contributed by atoms with Crippen LogP contribution < -0.4 is 20.9 Å². The molecule has 1 aromatic carbocycles. The predicted molar refractivity (Wildman–Crippen MR) is 118 cm³/mol. The molecule has 29 heavy (non-hydrogen) atoms. The van der Waals surface area contributed by atoms with Gasteiger partial charge >= 0.3 is 0 Å². The van der Waals surface area contributed by atoms with E-state index in [1.165, 1.54) is 0 Å². The monoisotopic (exact) mass is 414 g/mol. The molecule has 154 valence electrons. The minimum Gasteiger partial charge on any atom is -0.369 e. The van der Waals surface area contributed by atoms with Crippen LogP contribution in [0.3, 0.4) is 0 Å². The van der Waals surface area contributed by atoms with Crippen LogP contribution in [0.5, 0.6) is 0 Å². The third-order valence-electron chi connectivity index (χ3n) is 4.64. The highest BCUT2D eigenvalue weighted by Crippen LogP contribution is 2.23. The van der Waals surface area contributed by atoms with E-state index in [-0.39, 0.29) is 5.91 Å². The Morgan fingerprint density at radius 3 is 2.97 bits per heavy atom. The van der Waals surface area contributed by atoms with Gasteiger partial charge in [0.2, 0.25) is 0 Å². The van der Waals surface area contributed by atoms with Gasteiger partial charge in [-0.1, -0.05) is 17.7 Å². The van der Waals surface area contributed by atoms with Crippen LogP contribution in [-0.4, -0.2) is 55.6 Å². The summed E-state index contributed by atoms with van der Waals surface area (Å²) in [5.74, 6) is 0.625. The van der Waals surface area contributed by atoms with Gasteiger partial charge in [0.25, 0.3) is 5.91 Å². The maximum absolute atomic E-state index is 12.0. The van der Waals surface area contributed by atoms with Gasteiger partial charge in [-0.25, -0.2) is 0 Å². The SMILES string of the molecule is CCNC(=NCCNC(=O)c1cccnc1)NC1CCN(c2cccc(Cl)c2)C1. The summed E-state index contributed by atoms with van der Waals surface area (Å²) in [5, 5.41) is 10.4. The minimum absolute atomic E-state index is 0.140. The molecule has 1 aliphatic heterocycles. The summed E-state index contributed by atoms with van der Waals surface area (Å²) in [6, 6.07) is 11.7. The summed E-state index contributed by atoms with van der Waals surface area (Å²) < 4.78 is 0. The van der Waals surface area contributed by atoms with Gasteiger partial charge in [0.05, 0.1) is 12.1 Å². The number of anilines is 1. The van der Waals surface area contributed by atoms with E-state index in [2.05, 4.69) is 36.9 Å². The smallest absolute Gasteiger partial charge is 0.252 e. The number of hydrogen-bond donors (Lipinski definition) is 3. The molecule has 1 amide bonds. The Morgan fingerprint density at radius 1 is 1.31 bits per heavy atom. The first kappa shape index (κ1) is 20.9. The van der Waals surface area contributed by atoms with Crippen molar-refractivity contribution in [3.63, 3.8) is 0 Å². The first-order chi connectivity index (χ1) is 14.2. The Morgan fingerprint density at radius 2 is 2.21 bits per heavy atom. The molecule has 1 fully saturated rings. The number of rotatable bonds is 7. The van der Waals surface area contributed by atoms with Crippen molar-refractivity contribution in [3.8, 4) is 0 Å². The number of carbonyl (C=O) groups is 1. The van der Waals surface area contributed by atoms with Crippen molar-refractivity contribution in [2.75, 3.05) is 37.6 Å². The van der Waals surface area contributed by atoms with Crippen molar-refractivity contribution in [3.05, 3.63) is 59.4 Å². The lowest BCUT2D eigenvalue weighted by Crippen LogP contribution is -2.45. The second kappa shape index (κ2) is 10.7. The fraction of sp³-hybridized carbons (Fsp3) is 0.381. The summed E-state index contributed by atoms with van der Waals surface area (Å²) in [7, 11) is 0. The van der Waals surface area contributed by atoms with E-state index in [4.69, 9.17) is 11.6 Å². The first-order valence-electron chi connectivity index (χ1n) is 9.89. The number of aliphatic imine (C=N–C) groups is 1. The van der Waals surface area contributed by atoms with Gasteiger partial charge in [0.15, 0.2) is 5.96 Å². The molecular formula is C21H27ClN6O. The van der Waals surface area contributed by atoms with Crippen LogP contribution in [0.2, 0.25) is 5.02 Å². The third kappa shape index (κ3) is 6.35. The topological polar surface area (TPSA) is 81.6 Å². The van der Waals surface area contributed by atoms with Gasteiger partial charge < -0.3 is 20.9 Å². The van der Waals surface area contributed by atoms with E-state index in [0.29, 0.717) is 24.7 Å². The van der Waals surface area contributed by atoms with Crippen LogP contribution in [0.1, 0.15) is 23.7 Å². The number of halogens is 1. The molecule has 1 atom stereocenters. The first-order valence-corrected chi connectivity index (χ1v) is 10.3. The van der Waals surface area contributed by atoms with Crippen molar-refractivity contribution in [2.24, 2.45) is 4.99 Å². The molecule has 1 saturated heterocycles. The number of amides is 1. The summed E-state index contributed by atoms with van der Waals surface area (Å²) in [4.78, 5) is 22.9.